The molecular formula is C30H42BrN3O3Si2. The van der Waals surface area contributed by atoms with Crippen molar-refractivity contribution in [2.75, 3.05) is 5.32 Å². The number of rotatable bonds is 8. The van der Waals surface area contributed by atoms with Gasteiger partial charge in [-0.15, -0.1) is 0 Å². The predicted molar refractivity (Wildman–Crippen MR) is 170 cm³/mol. The zero-order chi connectivity index (χ0) is 29.2. The molecule has 0 aliphatic rings. The van der Waals surface area contributed by atoms with Crippen molar-refractivity contribution < 1.29 is 13.6 Å². The Morgan fingerprint density at radius 3 is 1.72 bits per heavy atom. The Morgan fingerprint density at radius 2 is 1.28 bits per heavy atom. The van der Waals surface area contributed by atoms with Crippen LogP contribution in [0.15, 0.2) is 59.3 Å². The molecule has 1 heterocycles. The molecule has 210 valence electrons. The largest absolute Gasteiger partial charge is 0.544 e. The van der Waals surface area contributed by atoms with Crippen LogP contribution in [0.3, 0.4) is 0 Å². The number of carbonyl (C=O) groups is 1. The molecular weight excluding hydrogens is 586 g/mol. The second-order valence-corrected chi connectivity index (χ2v) is 23.2. The number of anilines is 1. The molecule has 0 aliphatic heterocycles. The summed E-state index contributed by atoms with van der Waals surface area (Å²) in [5.41, 5.74) is 2.52. The Bertz CT molecular complexity index is 1300. The first-order valence-corrected chi connectivity index (χ1v) is 19.9. The molecule has 0 unspecified atom stereocenters. The van der Waals surface area contributed by atoms with Crippen LogP contribution in [-0.4, -0.2) is 32.5 Å². The van der Waals surface area contributed by atoms with Crippen molar-refractivity contribution in [3.05, 3.63) is 64.9 Å². The fourth-order valence-corrected chi connectivity index (χ4v) is 5.67. The molecule has 39 heavy (non-hydrogen) atoms. The normalized spacial score (nSPS) is 12.7. The van der Waals surface area contributed by atoms with Crippen molar-refractivity contribution in [1.29, 1.82) is 0 Å². The van der Waals surface area contributed by atoms with Gasteiger partial charge in [-0.25, -0.2) is 9.97 Å². The lowest BCUT2D eigenvalue weighted by atomic mass is 10.1. The second-order valence-electron chi connectivity index (χ2n) is 13.0. The highest BCUT2D eigenvalue weighted by molar-refractivity contribution is 9.10. The second kappa shape index (κ2) is 11.5. The summed E-state index contributed by atoms with van der Waals surface area (Å²) in [7, 11) is -3.81. The third-order valence-corrected chi connectivity index (χ3v) is 17.1. The Labute approximate surface area is 244 Å². The molecule has 0 spiro atoms. The van der Waals surface area contributed by atoms with Gasteiger partial charge in [-0.1, -0.05) is 53.7 Å². The Balaban J connectivity index is 1.62. The summed E-state index contributed by atoms with van der Waals surface area (Å²) >= 11 is 3.47. The third-order valence-electron chi connectivity index (χ3n) is 7.78. The quantitative estimate of drug-likeness (QED) is 0.252. The summed E-state index contributed by atoms with van der Waals surface area (Å²) in [5.74, 6) is 1.93. The first-order valence-electron chi connectivity index (χ1n) is 13.3. The van der Waals surface area contributed by atoms with Crippen LogP contribution in [0.2, 0.25) is 36.3 Å². The summed E-state index contributed by atoms with van der Waals surface area (Å²) in [6.07, 6.45) is 1.89. The zero-order valence-electron chi connectivity index (χ0n) is 24.9. The van der Waals surface area contributed by atoms with E-state index in [1.54, 1.807) is 6.20 Å². The molecule has 0 atom stereocenters. The minimum Gasteiger partial charge on any atom is -0.544 e. The molecule has 0 fully saturated rings. The maximum absolute atomic E-state index is 12.7. The summed E-state index contributed by atoms with van der Waals surface area (Å²) in [4.78, 5) is 21.8. The van der Waals surface area contributed by atoms with Crippen molar-refractivity contribution in [2.24, 2.45) is 0 Å². The summed E-state index contributed by atoms with van der Waals surface area (Å²) in [6.45, 7) is 22.2. The smallest absolute Gasteiger partial charge is 0.250 e. The van der Waals surface area contributed by atoms with E-state index in [0.29, 0.717) is 16.1 Å². The number of nitrogens with one attached hydrogen (secondary N) is 1. The van der Waals surface area contributed by atoms with E-state index in [9.17, 15) is 4.79 Å². The monoisotopic (exact) mass is 627 g/mol. The number of halogens is 1. The molecule has 1 amide bonds. The fourth-order valence-electron chi connectivity index (χ4n) is 3.22. The molecule has 1 aromatic heterocycles. The number of benzene rings is 2. The van der Waals surface area contributed by atoms with E-state index in [1.807, 2.05) is 48.5 Å². The van der Waals surface area contributed by atoms with Crippen LogP contribution in [0.4, 0.5) is 5.82 Å². The van der Waals surface area contributed by atoms with Crippen LogP contribution in [-0.2, 0) is 11.2 Å². The summed E-state index contributed by atoms with van der Waals surface area (Å²) in [5, 5.41) is 3.11. The molecule has 3 rings (SSSR count). The average Bonchev–Trinajstić information content (AvgIpc) is 2.80. The number of hydrogen-bond donors (Lipinski definition) is 1. The van der Waals surface area contributed by atoms with Crippen LogP contribution in [0, 0.1) is 0 Å². The topological polar surface area (TPSA) is 73.3 Å². The maximum Gasteiger partial charge on any atom is 0.250 e. The maximum atomic E-state index is 12.7. The Hall–Kier alpha value is -2.50. The van der Waals surface area contributed by atoms with Gasteiger partial charge < -0.3 is 14.2 Å². The van der Waals surface area contributed by atoms with Gasteiger partial charge in [0.1, 0.15) is 16.1 Å². The number of carbonyl (C=O) groups excluding carboxylic acids is 1. The van der Waals surface area contributed by atoms with Gasteiger partial charge in [-0.3, -0.25) is 4.79 Å². The lowest BCUT2D eigenvalue weighted by Crippen LogP contribution is -2.43. The van der Waals surface area contributed by atoms with E-state index < -0.39 is 16.6 Å². The number of amides is 1. The van der Waals surface area contributed by atoms with Gasteiger partial charge in [0.15, 0.2) is 5.82 Å². The van der Waals surface area contributed by atoms with Crippen molar-refractivity contribution >= 4 is 44.3 Å². The van der Waals surface area contributed by atoms with Gasteiger partial charge in [0.2, 0.25) is 22.5 Å². The molecule has 3 aromatic rings. The van der Waals surface area contributed by atoms with Gasteiger partial charge in [0.25, 0.3) is 0 Å². The van der Waals surface area contributed by atoms with Gasteiger partial charge in [0, 0.05) is 5.56 Å². The Kier molecular flexibility index (Phi) is 9.19. The van der Waals surface area contributed by atoms with E-state index in [4.69, 9.17) is 8.85 Å². The molecule has 0 saturated carbocycles. The fraction of sp³-hybridized carbons (Fsp3) is 0.433. The lowest BCUT2D eigenvalue weighted by molar-refractivity contribution is -0.115. The number of aromatic nitrogens is 2. The van der Waals surface area contributed by atoms with Gasteiger partial charge in [-0.2, -0.15) is 0 Å². The van der Waals surface area contributed by atoms with Crippen molar-refractivity contribution in [3.63, 3.8) is 0 Å². The lowest BCUT2D eigenvalue weighted by Gasteiger charge is -2.36. The standard InChI is InChI=1S/C30H42BrN3O3Si2/c1-29(2,3)38(7,8)36-23-15-11-21(12-16-23)19-26(35)34-28-27(31)33-25(20-32-28)22-13-17-24(18-14-22)37-39(9,10)30(4,5)6/h11-18,20H,19H2,1-10H3,(H,32,34,35). The molecule has 9 heteroatoms. The zero-order valence-corrected chi connectivity index (χ0v) is 28.5. The average molecular weight is 629 g/mol. The van der Waals surface area contributed by atoms with Crippen LogP contribution >= 0.6 is 15.9 Å². The first kappa shape index (κ1) is 31.0. The van der Waals surface area contributed by atoms with E-state index in [1.165, 1.54) is 0 Å². The summed E-state index contributed by atoms with van der Waals surface area (Å²) < 4.78 is 13.2. The number of nitrogens with zero attached hydrogens (tertiary/aromatic N) is 2. The molecule has 0 aliphatic carbocycles. The van der Waals surface area contributed by atoms with E-state index in [0.717, 1.165) is 22.6 Å². The molecule has 0 bridgehead atoms. The molecule has 0 radical (unpaired) electrons. The van der Waals surface area contributed by atoms with E-state index in [2.05, 4.69) is 98.9 Å². The minimum atomic E-state index is -1.91. The molecule has 1 N–H and O–H groups in total. The number of hydrogen-bond acceptors (Lipinski definition) is 5. The SMILES string of the molecule is CC(C)(C)[Si](C)(C)Oc1ccc(CC(=O)Nc2ncc(-c3ccc(O[Si](C)(C)C(C)(C)C)cc3)nc2Br)cc1. The minimum absolute atomic E-state index is 0.123. The van der Waals surface area contributed by atoms with Crippen LogP contribution in [0.25, 0.3) is 11.3 Å². The predicted octanol–water partition coefficient (Wildman–Crippen LogP) is 8.86. The van der Waals surface area contributed by atoms with Crippen molar-refractivity contribution in [2.45, 2.75) is 84.2 Å². The molecule has 6 nitrogen and oxygen atoms in total. The Morgan fingerprint density at radius 1 is 0.821 bits per heavy atom. The van der Waals surface area contributed by atoms with Crippen molar-refractivity contribution in [1.82, 2.24) is 9.97 Å². The van der Waals surface area contributed by atoms with Gasteiger partial charge in [0.05, 0.1) is 18.3 Å². The van der Waals surface area contributed by atoms with E-state index in [-0.39, 0.29) is 22.4 Å². The molecule has 0 saturated heterocycles. The highest BCUT2D eigenvalue weighted by atomic mass is 79.9. The van der Waals surface area contributed by atoms with Crippen molar-refractivity contribution in [3.8, 4) is 22.8 Å². The molecule has 2 aromatic carbocycles. The summed E-state index contributed by atoms with van der Waals surface area (Å²) in [6, 6.07) is 15.7. The highest BCUT2D eigenvalue weighted by Gasteiger charge is 2.39. The van der Waals surface area contributed by atoms with Crippen LogP contribution in [0.5, 0.6) is 11.5 Å². The third kappa shape index (κ3) is 8.02. The van der Waals surface area contributed by atoms with E-state index >= 15 is 0 Å². The van der Waals surface area contributed by atoms with Crippen LogP contribution in [0.1, 0.15) is 47.1 Å². The highest BCUT2D eigenvalue weighted by Crippen LogP contribution is 2.38. The van der Waals surface area contributed by atoms with Gasteiger partial charge >= 0.3 is 0 Å². The van der Waals surface area contributed by atoms with Crippen LogP contribution < -0.4 is 14.2 Å². The first-order chi connectivity index (χ1) is 17.9. The van der Waals surface area contributed by atoms with Gasteiger partial charge in [-0.05, 0) is 94.2 Å².